The Hall–Kier alpha value is -7.19. The third kappa shape index (κ3) is 14.5. The molecule has 1 amide bonds. The van der Waals surface area contributed by atoms with Crippen LogP contribution in [0.15, 0.2) is 140 Å². The van der Waals surface area contributed by atoms with Gasteiger partial charge in [-0.1, -0.05) is 48.0 Å². The number of hydrogen-bond acceptors (Lipinski definition) is 14. The van der Waals surface area contributed by atoms with E-state index in [1.807, 2.05) is 64.0 Å². The third-order valence-corrected chi connectivity index (χ3v) is 12.2. The Balaban J connectivity index is 0.000000141. The van der Waals surface area contributed by atoms with Crippen molar-refractivity contribution in [2.45, 2.75) is 0 Å². The molecule has 8 heterocycles. The van der Waals surface area contributed by atoms with E-state index in [-0.39, 0.29) is 22.5 Å². The van der Waals surface area contributed by atoms with E-state index in [4.69, 9.17) is 31.9 Å². The molecule has 23 heteroatoms. The summed E-state index contributed by atoms with van der Waals surface area (Å²) in [7, 11) is 2.69. The molecule has 3 aromatic carbocycles. The molecule has 0 radical (unpaired) electrons. The minimum Gasteiger partial charge on any atom is -0.478 e. The first-order chi connectivity index (χ1) is 34.7. The number of rotatable bonds is 6. The molecule has 2 saturated heterocycles. The van der Waals surface area contributed by atoms with Crippen molar-refractivity contribution >= 4 is 81.6 Å². The van der Waals surface area contributed by atoms with Crippen molar-refractivity contribution in [1.82, 2.24) is 63.8 Å². The summed E-state index contributed by atoms with van der Waals surface area (Å²) in [6, 6.07) is 30.8. The zero-order valence-corrected chi connectivity index (χ0v) is 42.1. The summed E-state index contributed by atoms with van der Waals surface area (Å²) in [5.74, 6) is -1.86. The Morgan fingerprint density at radius 1 is 0.583 bits per heavy atom. The smallest absolute Gasteiger partial charge is 0.478 e. The van der Waals surface area contributed by atoms with Crippen LogP contribution in [-0.4, -0.2) is 170 Å². The van der Waals surface area contributed by atoms with Gasteiger partial charge in [-0.25, -0.2) is 38.1 Å². The average molecular weight is 1110 g/mol. The summed E-state index contributed by atoms with van der Waals surface area (Å²) in [5, 5.41) is 51.4. The van der Waals surface area contributed by atoms with Crippen LogP contribution in [0.4, 0.5) is 0 Å². The van der Waals surface area contributed by atoms with Crippen molar-refractivity contribution in [2.75, 3.05) is 66.5 Å². The molecule has 370 valence electrons. The molecule has 11 rings (SSSR count). The lowest BCUT2D eigenvalue weighted by molar-refractivity contribution is 0.0661. The molecular weight excluding hydrogens is 1060 g/mol. The molecule has 2 fully saturated rings. The number of carboxylic acid groups (broad SMARTS) is 2. The normalized spacial score (nSPS) is 13.6. The number of carboxylic acids is 2. The van der Waals surface area contributed by atoms with E-state index < -0.39 is 19.1 Å². The third-order valence-electron chi connectivity index (χ3n) is 11.2. The fourth-order valence-corrected chi connectivity index (χ4v) is 7.73. The molecule has 0 unspecified atom stereocenters. The number of amides is 1. The van der Waals surface area contributed by atoms with Crippen LogP contribution < -0.4 is 10.8 Å². The highest BCUT2D eigenvalue weighted by molar-refractivity contribution is 14.1. The van der Waals surface area contributed by atoms with Crippen LogP contribution in [0.2, 0.25) is 5.15 Å². The molecular formula is C49H50BClIN13O7. The summed E-state index contributed by atoms with van der Waals surface area (Å²) in [4.78, 5) is 52.6. The van der Waals surface area contributed by atoms with E-state index in [1.54, 1.807) is 70.3 Å². The number of piperazine rings is 2. The lowest BCUT2D eigenvalue weighted by Gasteiger charge is -2.32. The molecule has 6 aromatic heterocycles. The lowest BCUT2D eigenvalue weighted by atomic mass is 9.80. The second-order valence-corrected chi connectivity index (χ2v) is 17.8. The van der Waals surface area contributed by atoms with Crippen LogP contribution >= 0.6 is 34.2 Å². The number of aromatic carboxylic acids is 2. The van der Waals surface area contributed by atoms with Gasteiger partial charge < -0.3 is 40.3 Å². The minimum atomic E-state index is -1.55. The maximum absolute atomic E-state index is 12.6. The largest absolute Gasteiger partial charge is 0.488 e. The summed E-state index contributed by atoms with van der Waals surface area (Å²) in [6.45, 7) is 8.17. The van der Waals surface area contributed by atoms with Crippen molar-refractivity contribution in [2.24, 2.45) is 0 Å². The SMILES string of the molecule is CN1CCN(C(=O)c2ccc(-c3ccc4ncc(I)n4n3)cc2)CC1.CN1CCNCC1.Clc1ccc2nccn2n1.O=C(O)c1ccc(-c2ccc3nccn3n2)cc1.O=C(O)c1ccc(B(O)O)cc1. The topological polar surface area (TPSA) is 244 Å². The van der Waals surface area contributed by atoms with Gasteiger partial charge in [0.15, 0.2) is 16.9 Å². The van der Waals surface area contributed by atoms with E-state index in [2.05, 4.69) is 82.1 Å². The Morgan fingerprint density at radius 3 is 1.60 bits per heavy atom. The maximum atomic E-state index is 12.6. The molecule has 2 aliphatic rings. The van der Waals surface area contributed by atoms with E-state index in [1.165, 1.54) is 37.4 Å². The Bertz CT molecular complexity index is 3220. The van der Waals surface area contributed by atoms with Gasteiger partial charge in [-0.2, -0.15) is 15.3 Å². The number of nitrogens with zero attached hydrogens (tertiary/aromatic N) is 12. The number of likely N-dealkylation sites (N-methyl/N-ethyl adjacent to an activating group) is 2. The quantitative estimate of drug-likeness (QED) is 0.114. The fourth-order valence-electron chi connectivity index (χ4n) is 7.09. The summed E-state index contributed by atoms with van der Waals surface area (Å²) in [5.41, 5.74) is 7.31. The molecule has 0 spiro atoms. The van der Waals surface area contributed by atoms with Crippen LogP contribution in [0.3, 0.4) is 0 Å². The van der Waals surface area contributed by atoms with Gasteiger partial charge in [0.05, 0.1) is 28.7 Å². The predicted octanol–water partition coefficient (Wildman–Crippen LogP) is 4.45. The van der Waals surface area contributed by atoms with Crippen LogP contribution in [0, 0.1) is 3.70 Å². The van der Waals surface area contributed by atoms with Crippen molar-refractivity contribution in [1.29, 1.82) is 0 Å². The van der Waals surface area contributed by atoms with Gasteiger partial charge in [-0.05, 0) is 115 Å². The molecule has 0 atom stereocenters. The van der Waals surface area contributed by atoms with Gasteiger partial charge in [0.25, 0.3) is 5.91 Å². The number of hydrogen-bond donors (Lipinski definition) is 5. The molecule has 20 nitrogen and oxygen atoms in total. The van der Waals surface area contributed by atoms with Gasteiger partial charge >= 0.3 is 19.1 Å². The standard InChI is InChI=1S/C18H18IN5O.C13H9N3O2.C7H7BO4.C6H4ClN3.C5H12N2/c1-22-8-10-23(11-9-22)18(25)14-4-2-13(3-5-14)15-6-7-17-20-12-16(19)24(17)21-15;17-13(18)10-3-1-9(2-4-10)11-5-6-12-14-7-8-16(12)15-11;9-7(10)5-1-3-6(4-2-5)8(11)12;7-5-1-2-6-8-3-4-10(6)9-5;1-7-4-2-6-3-5-7/h2-7,12H,8-11H2,1H3;1-8H,(H,17,18);1-4,11-12H,(H,9,10);1-4H;6H,2-5H2,1H3. The molecule has 2 aliphatic heterocycles. The van der Waals surface area contributed by atoms with Gasteiger partial charge in [-0.15, -0.1) is 0 Å². The summed E-state index contributed by atoms with van der Waals surface area (Å²) in [6.07, 6.45) is 8.68. The number of halogens is 2. The van der Waals surface area contributed by atoms with Crippen molar-refractivity contribution < 1.29 is 34.6 Å². The first kappa shape index (κ1) is 52.6. The van der Waals surface area contributed by atoms with Gasteiger partial charge in [0.2, 0.25) is 0 Å². The number of benzene rings is 3. The Labute approximate surface area is 432 Å². The Morgan fingerprint density at radius 2 is 1.07 bits per heavy atom. The van der Waals surface area contributed by atoms with Crippen molar-refractivity contribution in [3.8, 4) is 22.5 Å². The number of nitrogens with one attached hydrogen (secondary N) is 1. The zero-order chi connectivity index (χ0) is 51.1. The van der Waals surface area contributed by atoms with Crippen LogP contribution in [-0.2, 0) is 0 Å². The second-order valence-electron chi connectivity index (χ2n) is 16.3. The van der Waals surface area contributed by atoms with Gasteiger partial charge in [0.1, 0.15) is 8.85 Å². The highest BCUT2D eigenvalue weighted by Gasteiger charge is 2.20. The molecule has 0 saturated carbocycles. The van der Waals surface area contributed by atoms with E-state index in [9.17, 15) is 14.4 Å². The van der Waals surface area contributed by atoms with E-state index in [0.717, 1.165) is 88.0 Å². The molecule has 0 bridgehead atoms. The van der Waals surface area contributed by atoms with Crippen LogP contribution in [0.25, 0.3) is 39.5 Å². The molecule has 72 heavy (non-hydrogen) atoms. The predicted molar refractivity (Wildman–Crippen MR) is 282 cm³/mol. The fraction of sp³-hybridized carbons (Fsp3) is 0.204. The van der Waals surface area contributed by atoms with Crippen LogP contribution in [0.5, 0.6) is 0 Å². The van der Waals surface area contributed by atoms with E-state index >= 15 is 0 Å². The minimum absolute atomic E-state index is 0.104. The zero-order valence-electron chi connectivity index (χ0n) is 39.1. The molecule has 9 aromatic rings. The van der Waals surface area contributed by atoms with Gasteiger partial charge in [0, 0.05) is 93.8 Å². The van der Waals surface area contributed by atoms with E-state index in [0.29, 0.717) is 5.15 Å². The molecule has 0 aliphatic carbocycles. The van der Waals surface area contributed by atoms with Crippen LogP contribution in [0.1, 0.15) is 31.1 Å². The second kappa shape index (κ2) is 25.3. The lowest BCUT2D eigenvalue weighted by Crippen LogP contribution is -2.47. The van der Waals surface area contributed by atoms with Gasteiger partial charge in [-0.3, -0.25) is 4.79 Å². The summed E-state index contributed by atoms with van der Waals surface area (Å²) >= 11 is 7.83. The average Bonchev–Trinajstić information content (AvgIpc) is 4.17. The summed E-state index contributed by atoms with van der Waals surface area (Å²) < 4.78 is 6.10. The Kier molecular flexibility index (Phi) is 18.5. The number of aromatic nitrogens is 9. The number of fused-ring (bicyclic) bond motifs is 3. The monoisotopic (exact) mass is 1110 g/mol. The number of imidazole rings is 3. The highest BCUT2D eigenvalue weighted by Crippen LogP contribution is 2.21. The number of carbonyl (C=O) groups is 3. The molecule has 5 N–H and O–H groups in total. The first-order valence-electron chi connectivity index (χ1n) is 22.5. The van der Waals surface area contributed by atoms with Crippen molar-refractivity contribution in [3.63, 3.8) is 0 Å². The highest BCUT2D eigenvalue weighted by atomic mass is 127. The van der Waals surface area contributed by atoms with Crippen molar-refractivity contribution in [3.05, 3.63) is 166 Å². The number of carbonyl (C=O) groups excluding carboxylic acids is 1. The first-order valence-corrected chi connectivity index (χ1v) is 24.0. The maximum Gasteiger partial charge on any atom is 0.488 e.